The SMILES string of the molecule is CS(=O)(=O)Oc1ccc(F)c2c1COC(c1csc(C3CCN(C(=O)COc4ccnc(C(F)(F)F)n4)CC3)n1)OC2. The summed E-state index contributed by atoms with van der Waals surface area (Å²) in [6.45, 7) is -0.0169. The van der Waals surface area contributed by atoms with Gasteiger partial charge in [-0.2, -0.15) is 26.6 Å². The van der Waals surface area contributed by atoms with Gasteiger partial charge in [0, 0.05) is 47.8 Å². The van der Waals surface area contributed by atoms with Crippen LogP contribution in [0.1, 0.15) is 52.7 Å². The van der Waals surface area contributed by atoms with E-state index in [4.69, 9.17) is 18.4 Å². The summed E-state index contributed by atoms with van der Waals surface area (Å²) in [5.74, 6) is -2.65. The number of amides is 1. The van der Waals surface area contributed by atoms with Crippen LogP contribution in [0.4, 0.5) is 17.6 Å². The summed E-state index contributed by atoms with van der Waals surface area (Å²) in [4.78, 5) is 25.2. The molecule has 1 fully saturated rings. The van der Waals surface area contributed by atoms with Gasteiger partial charge in [0.2, 0.25) is 18.0 Å². The Labute approximate surface area is 241 Å². The second-order valence-corrected chi connectivity index (χ2v) is 12.0. The molecule has 0 N–H and O–H groups in total. The van der Waals surface area contributed by atoms with Gasteiger partial charge < -0.3 is 23.3 Å². The van der Waals surface area contributed by atoms with Crippen LogP contribution in [0.2, 0.25) is 0 Å². The number of likely N-dealkylation sites (tertiary alicyclic amines) is 1. The molecule has 1 amide bonds. The van der Waals surface area contributed by atoms with E-state index in [0.29, 0.717) is 31.6 Å². The van der Waals surface area contributed by atoms with Crippen molar-refractivity contribution in [2.45, 2.75) is 44.4 Å². The molecule has 11 nitrogen and oxygen atoms in total. The topological polar surface area (TPSA) is 130 Å². The maximum atomic E-state index is 14.5. The Hall–Kier alpha value is -3.41. The smallest absolute Gasteiger partial charge is 0.451 e. The number of thiazole rings is 1. The minimum Gasteiger partial charge on any atom is -0.467 e. The predicted octanol–water partition coefficient (Wildman–Crippen LogP) is 3.96. The zero-order valence-corrected chi connectivity index (χ0v) is 23.6. The van der Waals surface area contributed by atoms with E-state index < -0.39 is 40.8 Å². The summed E-state index contributed by atoms with van der Waals surface area (Å²) < 4.78 is 97.8. The highest BCUT2D eigenvalue weighted by atomic mass is 32.2. The molecule has 226 valence electrons. The Morgan fingerprint density at radius 1 is 1.12 bits per heavy atom. The Morgan fingerprint density at radius 3 is 2.52 bits per heavy atom. The fourth-order valence-electron chi connectivity index (χ4n) is 4.49. The van der Waals surface area contributed by atoms with Crippen LogP contribution in [0.3, 0.4) is 0 Å². The lowest BCUT2D eigenvalue weighted by Crippen LogP contribution is -2.40. The standard InChI is InChI=1S/C25H24F4N4O7S2/c1-42(35,36)40-19-3-2-17(26)15-10-38-23(39-11-16(15)19)18-13-41-22(31-18)14-5-8-33(9-6-14)21(34)12-37-20-4-7-30-24(32-20)25(27,28)29/h2-4,7,13-14,23H,5-6,8-12H2,1H3. The van der Waals surface area contributed by atoms with Crippen molar-refractivity contribution in [3.63, 3.8) is 0 Å². The van der Waals surface area contributed by atoms with Crippen molar-refractivity contribution in [1.82, 2.24) is 19.9 Å². The Morgan fingerprint density at radius 2 is 1.83 bits per heavy atom. The van der Waals surface area contributed by atoms with Crippen molar-refractivity contribution in [2.24, 2.45) is 0 Å². The molecule has 4 heterocycles. The van der Waals surface area contributed by atoms with E-state index in [-0.39, 0.29) is 47.8 Å². The molecule has 0 saturated carbocycles. The quantitative estimate of drug-likeness (QED) is 0.279. The molecule has 2 aromatic heterocycles. The third-order valence-corrected chi connectivity index (χ3v) is 8.04. The molecule has 0 bridgehead atoms. The molecular weight excluding hydrogens is 608 g/mol. The molecular formula is C25H24F4N4O7S2. The molecule has 3 aromatic rings. The molecule has 2 aliphatic rings. The van der Waals surface area contributed by atoms with Gasteiger partial charge in [-0.3, -0.25) is 4.79 Å². The number of fused-ring (bicyclic) bond motifs is 1. The number of benzene rings is 1. The van der Waals surface area contributed by atoms with Crippen LogP contribution in [0.5, 0.6) is 11.6 Å². The van der Waals surface area contributed by atoms with E-state index in [1.165, 1.54) is 17.4 Å². The minimum atomic E-state index is -4.73. The number of aromatic nitrogens is 3. The first kappa shape index (κ1) is 30.1. The highest BCUT2D eigenvalue weighted by Crippen LogP contribution is 2.37. The number of hydrogen-bond acceptors (Lipinski definition) is 11. The normalized spacial score (nSPS) is 18.3. The molecule has 5 rings (SSSR count). The van der Waals surface area contributed by atoms with Gasteiger partial charge in [0.25, 0.3) is 5.91 Å². The number of ether oxygens (including phenoxy) is 3. The summed E-state index contributed by atoms with van der Waals surface area (Å²) >= 11 is 1.39. The summed E-state index contributed by atoms with van der Waals surface area (Å²) in [7, 11) is -3.85. The van der Waals surface area contributed by atoms with Gasteiger partial charge in [-0.05, 0) is 25.0 Å². The number of halogens is 4. The second-order valence-electron chi connectivity index (χ2n) is 9.51. The molecule has 42 heavy (non-hydrogen) atoms. The fourth-order valence-corrected chi connectivity index (χ4v) is 5.97. The number of rotatable bonds is 7. The van der Waals surface area contributed by atoms with Crippen LogP contribution in [0, 0.1) is 5.82 Å². The van der Waals surface area contributed by atoms with Crippen LogP contribution in [0.15, 0.2) is 29.8 Å². The van der Waals surface area contributed by atoms with Crippen molar-refractivity contribution in [3.8, 4) is 11.6 Å². The molecule has 0 aliphatic carbocycles. The zero-order valence-electron chi connectivity index (χ0n) is 22.0. The maximum absolute atomic E-state index is 14.5. The number of alkyl halides is 3. The van der Waals surface area contributed by atoms with Crippen molar-refractivity contribution >= 4 is 27.4 Å². The first-order valence-electron chi connectivity index (χ1n) is 12.6. The van der Waals surface area contributed by atoms with E-state index in [0.717, 1.165) is 29.6 Å². The molecule has 2 aliphatic heterocycles. The third-order valence-electron chi connectivity index (χ3n) is 6.54. The van der Waals surface area contributed by atoms with Crippen LogP contribution in [0.25, 0.3) is 0 Å². The lowest BCUT2D eigenvalue weighted by Gasteiger charge is -2.31. The van der Waals surface area contributed by atoms with E-state index in [9.17, 15) is 30.8 Å². The molecule has 17 heteroatoms. The van der Waals surface area contributed by atoms with Gasteiger partial charge in [0.15, 0.2) is 6.61 Å². The lowest BCUT2D eigenvalue weighted by atomic mass is 9.97. The largest absolute Gasteiger partial charge is 0.467 e. The summed E-state index contributed by atoms with van der Waals surface area (Å²) in [6, 6.07) is 3.48. The summed E-state index contributed by atoms with van der Waals surface area (Å²) in [5, 5.41) is 2.57. The Bertz CT molecular complexity index is 1560. The zero-order chi connectivity index (χ0) is 30.1. The highest BCUT2D eigenvalue weighted by Gasteiger charge is 2.35. The molecule has 0 spiro atoms. The first-order valence-corrected chi connectivity index (χ1v) is 15.3. The van der Waals surface area contributed by atoms with Crippen LogP contribution in [-0.4, -0.2) is 60.1 Å². The number of carbonyl (C=O) groups excluding carboxylic acids is 1. The summed E-state index contributed by atoms with van der Waals surface area (Å²) in [5.41, 5.74) is 0.847. The number of hydrogen-bond donors (Lipinski definition) is 0. The lowest BCUT2D eigenvalue weighted by molar-refractivity contribution is -0.155. The first-order chi connectivity index (χ1) is 19.9. The Kier molecular flexibility index (Phi) is 8.63. The number of nitrogens with zero attached hydrogens (tertiary/aromatic N) is 4. The van der Waals surface area contributed by atoms with Gasteiger partial charge in [-0.25, -0.2) is 14.4 Å². The number of carbonyl (C=O) groups is 1. The minimum absolute atomic E-state index is 0.0353. The number of piperidine rings is 1. The molecule has 1 atom stereocenters. The second kappa shape index (κ2) is 12.1. The third kappa shape index (κ3) is 7.14. The van der Waals surface area contributed by atoms with E-state index >= 15 is 0 Å². The van der Waals surface area contributed by atoms with Crippen LogP contribution in [-0.2, 0) is 43.8 Å². The van der Waals surface area contributed by atoms with Gasteiger partial charge in [-0.1, -0.05) is 0 Å². The van der Waals surface area contributed by atoms with E-state index in [1.54, 1.807) is 10.3 Å². The van der Waals surface area contributed by atoms with Crippen molar-refractivity contribution < 1.29 is 49.2 Å². The predicted molar refractivity (Wildman–Crippen MR) is 137 cm³/mol. The molecule has 1 unspecified atom stereocenters. The highest BCUT2D eigenvalue weighted by molar-refractivity contribution is 7.86. The van der Waals surface area contributed by atoms with Crippen LogP contribution >= 0.6 is 11.3 Å². The molecule has 0 radical (unpaired) electrons. The van der Waals surface area contributed by atoms with E-state index in [1.807, 2.05) is 0 Å². The van der Waals surface area contributed by atoms with Gasteiger partial charge >= 0.3 is 16.3 Å². The van der Waals surface area contributed by atoms with Gasteiger partial charge in [0.05, 0.1) is 24.5 Å². The summed E-state index contributed by atoms with van der Waals surface area (Å²) in [6.07, 6.45) is -2.65. The molecule has 1 saturated heterocycles. The maximum Gasteiger partial charge on any atom is 0.451 e. The van der Waals surface area contributed by atoms with Gasteiger partial charge in [-0.15, -0.1) is 11.3 Å². The van der Waals surface area contributed by atoms with E-state index in [2.05, 4.69) is 15.0 Å². The van der Waals surface area contributed by atoms with Crippen molar-refractivity contribution in [1.29, 1.82) is 0 Å². The fraction of sp³-hybridized carbons (Fsp3) is 0.440. The Balaban J connectivity index is 1.15. The van der Waals surface area contributed by atoms with Crippen LogP contribution < -0.4 is 8.92 Å². The van der Waals surface area contributed by atoms with Crippen molar-refractivity contribution in [3.05, 3.63) is 63.2 Å². The average Bonchev–Trinajstić information content (AvgIpc) is 3.32. The van der Waals surface area contributed by atoms with Crippen molar-refractivity contribution in [2.75, 3.05) is 26.0 Å². The molecule has 1 aromatic carbocycles. The van der Waals surface area contributed by atoms with Gasteiger partial charge in [0.1, 0.15) is 17.3 Å². The average molecular weight is 633 g/mol. The monoisotopic (exact) mass is 632 g/mol.